The van der Waals surface area contributed by atoms with E-state index in [4.69, 9.17) is 0 Å². The Morgan fingerprint density at radius 1 is 1.38 bits per heavy atom. The molecular weight excluding hydrogens is 292 g/mol. The van der Waals surface area contributed by atoms with E-state index in [1.165, 1.54) is 24.5 Å². The number of benzene rings is 1. The molecule has 0 saturated heterocycles. The molecule has 0 bridgehead atoms. The van der Waals surface area contributed by atoms with E-state index in [1.807, 2.05) is 0 Å². The summed E-state index contributed by atoms with van der Waals surface area (Å²) in [6, 6.07) is 5.73. The zero-order valence-corrected chi connectivity index (χ0v) is 10.7. The number of aryl methyl sites for hydroxylation is 1. The molecule has 9 heteroatoms. The van der Waals surface area contributed by atoms with Crippen LogP contribution >= 0.6 is 0 Å². The van der Waals surface area contributed by atoms with Gasteiger partial charge in [-0.05, 0) is 12.1 Å². The van der Waals surface area contributed by atoms with Gasteiger partial charge in [-0.3, -0.25) is 4.79 Å². The maximum atomic E-state index is 12.9. The molecule has 0 aliphatic carbocycles. The second-order valence-electron chi connectivity index (χ2n) is 4.22. The average Bonchev–Trinajstić information content (AvgIpc) is 2.85. The Morgan fingerprint density at radius 3 is 2.67 bits per heavy atom. The molecule has 0 spiro atoms. The van der Waals surface area contributed by atoms with E-state index in [2.05, 4.69) is 10.2 Å². The van der Waals surface area contributed by atoms with Crippen molar-refractivity contribution in [3.63, 3.8) is 0 Å². The van der Waals surface area contributed by atoms with E-state index < -0.39 is 18.3 Å². The van der Waals surface area contributed by atoms with Gasteiger partial charge in [0.2, 0.25) is 0 Å². The lowest BCUT2D eigenvalue weighted by atomic mass is 10.2. The van der Waals surface area contributed by atoms with E-state index in [0.717, 1.165) is 0 Å². The average molecular weight is 302 g/mol. The van der Waals surface area contributed by atoms with Crippen LogP contribution < -0.4 is 5.32 Å². The Labute approximate surface area is 116 Å². The summed E-state index contributed by atoms with van der Waals surface area (Å²) in [5, 5.41) is 9.23. The highest BCUT2D eigenvalue weighted by atomic mass is 19.3. The summed E-state index contributed by atoms with van der Waals surface area (Å²) in [5.41, 5.74) is 0.453. The summed E-state index contributed by atoms with van der Waals surface area (Å²) in [7, 11) is 1.67. The SMILES string of the molecule is Cn1cnnc1-c1cccc(NC(=O)C(F)(F)C(F)F)c1. The van der Waals surface area contributed by atoms with Crippen molar-refractivity contribution in [2.45, 2.75) is 12.3 Å². The Bertz CT molecular complexity index is 656. The number of hydrogen-bond acceptors (Lipinski definition) is 3. The number of rotatable bonds is 4. The normalized spacial score (nSPS) is 11.7. The Hall–Kier alpha value is -2.45. The molecule has 1 amide bonds. The lowest BCUT2D eigenvalue weighted by molar-refractivity contribution is -0.163. The quantitative estimate of drug-likeness (QED) is 0.882. The number of nitrogens with zero attached hydrogens (tertiary/aromatic N) is 3. The third-order valence-corrected chi connectivity index (χ3v) is 2.67. The predicted octanol–water partition coefficient (Wildman–Crippen LogP) is 2.32. The fourth-order valence-corrected chi connectivity index (χ4v) is 1.59. The standard InChI is InChI=1S/C12H10F4N4O/c1-20-6-17-19-9(20)7-3-2-4-8(5-7)18-11(21)12(15,16)10(13)14/h2-6,10H,1H3,(H,18,21). The first-order valence-corrected chi connectivity index (χ1v) is 5.74. The topological polar surface area (TPSA) is 59.8 Å². The summed E-state index contributed by atoms with van der Waals surface area (Å²) >= 11 is 0. The van der Waals surface area contributed by atoms with Crippen LogP contribution in [0.25, 0.3) is 11.4 Å². The molecule has 1 heterocycles. The molecule has 1 N–H and O–H groups in total. The number of carbonyl (C=O) groups is 1. The van der Waals surface area contributed by atoms with Crippen LogP contribution in [-0.2, 0) is 11.8 Å². The molecule has 21 heavy (non-hydrogen) atoms. The molecule has 5 nitrogen and oxygen atoms in total. The number of anilines is 1. The van der Waals surface area contributed by atoms with Gasteiger partial charge in [0.1, 0.15) is 6.33 Å². The lowest BCUT2D eigenvalue weighted by Crippen LogP contribution is -2.40. The predicted molar refractivity (Wildman–Crippen MR) is 66.0 cm³/mol. The zero-order chi connectivity index (χ0) is 15.6. The van der Waals surface area contributed by atoms with E-state index in [1.54, 1.807) is 23.0 Å². The minimum atomic E-state index is -4.75. The highest BCUT2D eigenvalue weighted by Crippen LogP contribution is 2.26. The number of amides is 1. The first-order chi connectivity index (χ1) is 9.82. The Kier molecular flexibility index (Phi) is 3.92. The molecule has 0 aliphatic heterocycles. The van der Waals surface area contributed by atoms with Crippen LogP contribution in [0.4, 0.5) is 23.2 Å². The minimum Gasteiger partial charge on any atom is -0.321 e. The summed E-state index contributed by atoms with van der Waals surface area (Å²) in [4.78, 5) is 11.2. The van der Waals surface area contributed by atoms with E-state index in [0.29, 0.717) is 11.4 Å². The van der Waals surface area contributed by atoms with Gasteiger partial charge in [0, 0.05) is 18.3 Å². The van der Waals surface area contributed by atoms with Gasteiger partial charge in [-0.25, -0.2) is 8.78 Å². The van der Waals surface area contributed by atoms with Gasteiger partial charge in [0.15, 0.2) is 5.82 Å². The molecule has 0 saturated carbocycles. The fraction of sp³-hybridized carbons (Fsp3) is 0.250. The number of aromatic nitrogens is 3. The van der Waals surface area contributed by atoms with Gasteiger partial charge >= 0.3 is 18.3 Å². The van der Waals surface area contributed by atoms with Crippen LogP contribution in [0.1, 0.15) is 0 Å². The van der Waals surface area contributed by atoms with Crippen LogP contribution in [0.15, 0.2) is 30.6 Å². The third-order valence-electron chi connectivity index (χ3n) is 2.67. The van der Waals surface area contributed by atoms with Gasteiger partial charge in [-0.15, -0.1) is 10.2 Å². The first kappa shape index (κ1) is 14.9. The second kappa shape index (κ2) is 5.51. The molecule has 112 valence electrons. The molecule has 1 aromatic carbocycles. The van der Waals surface area contributed by atoms with Gasteiger partial charge in [0.25, 0.3) is 0 Å². The van der Waals surface area contributed by atoms with Crippen molar-refractivity contribution in [1.82, 2.24) is 14.8 Å². The monoisotopic (exact) mass is 302 g/mol. The largest absolute Gasteiger partial charge is 0.383 e. The van der Waals surface area contributed by atoms with Crippen molar-refractivity contribution in [2.75, 3.05) is 5.32 Å². The van der Waals surface area contributed by atoms with Crippen LogP contribution in [0.2, 0.25) is 0 Å². The fourth-order valence-electron chi connectivity index (χ4n) is 1.59. The molecule has 0 atom stereocenters. The van der Waals surface area contributed by atoms with Gasteiger partial charge < -0.3 is 9.88 Å². The van der Waals surface area contributed by atoms with Crippen LogP contribution in [0, 0.1) is 0 Å². The van der Waals surface area contributed by atoms with Crippen LogP contribution in [-0.4, -0.2) is 33.0 Å². The number of halogens is 4. The molecule has 0 aliphatic rings. The molecule has 0 radical (unpaired) electrons. The van der Waals surface area contributed by atoms with Crippen molar-refractivity contribution in [2.24, 2.45) is 7.05 Å². The summed E-state index contributed by atoms with van der Waals surface area (Å²) < 4.78 is 51.5. The molecule has 2 rings (SSSR count). The zero-order valence-electron chi connectivity index (χ0n) is 10.7. The van der Waals surface area contributed by atoms with Crippen molar-refractivity contribution in [1.29, 1.82) is 0 Å². The lowest BCUT2D eigenvalue weighted by Gasteiger charge is -2.15. The van der Waals surface area contributed by atoms with Crippen molar-refractivity contribution < 1.29 is 22.4 Å². The molecule has 0 unspecified atom stereocenters. The highest BCUT2D eigenvalue weighted by molar-refractivity contribution is 5.96. The minimum absolute atomic E-state index is 0.0409. The second-order valence-corrected chi connectivity index (χ2v) is 4.22. The van der Waals surface area contributed by atoms with Gasteiger partial charge in [-0.1, -0.05) is 12.1 Å². The summed E-state index contributed by atoms with van der Waals surface area (Å²) in [6.07, 6.45) is -2.63. The maximum absolute atomic E-state index is 12.9. The Morgan fingerprint density at radius 2 is 2.10 bits per heavy atom. The van der Waals surface area contributed by atoms with Crippen molar-refractivity contribution >= 4 is 11.6 Å². The Balaban J connectivity index is 2.23. The van der Waals surface area contributed by atoms with E-state index in [-0.39, 0.29) is 5.69 Å². The van der Waals surface area contributed by atoms with Crippen LogP contribution in [0.3, 0.4) is 0 Å². The van der Waals surface area contributed by atoms with Gasteiger partial charge in [0.05, 0.1) is 0 Å². The molecule has 0 fully saturated rings. The summed E-state index contributed by atoms with van der Waals surface area (Å²) in [6.45, 7) is 0. The molecular formula is C12H10F4N4O. The smallest absolute Gasteiger partial charge is 0.321 e. The maximum Gasteiger partial charge on any atom is 0.383 e. The van der Waals surface area contributed by atoms with E-state index >= 15 is 0 Å². The number of hydrogen-bond donors (Lipinski definition) is 1. The van der Waals surface area contributed by atoms with Crippen molar-refractivity contribution in [3.8, 4) is 11.4 Å². The van der Waals surface area contributed by atoms with E-state index in [9.17, 15) is 22.4 Å². The van der Waals surface area contributed by atoms with Crippen LogP contribution in [0.5, 0.6) is 0 Å². The first-order valence-electron chi connectivity index (χ1n) is 5.74. The van der Waals surface area contributed by atoms with Crippen molar-refractivity contribution in [3.05, 3.63) is 30.6 Å². The third kappa shape index (κ3) is 3.01. The highest BCUT2D eigenvalue weighted by Gasteiger charge is 2.48. The number of alkyl halides is 4. The molecule has 2 aromatic rings. The summed E-state index contributed by atoms with van der Waals surface area (Å²) in [5.74, 6) is -6.37. The molecule has 1 aromatic heterocycles. The number of carbonyl (C=O) groups excluding carboxylic acids is 1. The van der Waals surface area contributed by atoms with Gasteiger partial charge in [-0.2, -0.15) is 8.78 Å². The number of nitrogens with one attached hydrogen (secondary N) is 1.